The van der Waals surface area contributed by atoms with Gasteiger partial charge in [0.05, 0.1) is 11.0 Å². The Kier molecular flexibility index (Phi) is 5.77. The number of benzene rings is 2. The van der Waals surface area contributed by atoms with Gasteiger partial charge in [-0.05, 0) is 43.2 Å². The van der Waals surface area contributed by atoms with Crippen molar-refractivity contribution < 1.29 is 19.2 Å². The molecule has 0 bridgehead atoms. The third-order valence-corrected chi connectivity index (χ3v) is 4.24. The molecule has 2 N–H and O–H groups in total. The molecule has 2 aromatic rings. The first-order valence-electron chi connectivity index (χ1n) is 8.58. The molecular formula is C19H19N3O5. The number of nitro benzene ring substituents is 1. The van der Waals surface area contributed by atoms with Crippen molar-refractivity contribution in [3.63, 3.8) is 0 Å². The molecule has 1 atom stereocenters. The summed E-state index contributed by atoms with van der Waals surface area (Å²) in [6.45, 7) is 1.21. The van der Waals surface area contributed by atoms with Crippen LogP contribution in [0.1, 0.15) is 33.6 Å². The van der Waals surface area contributed by atoms with Gasteiger partial charge in [0.1, 0.15) is 0 Å². The Bertz CT molecular complexity index is 845. The highest BCUT2D eigenvalue weighted by Gasteiger charge is 2.17. The summed E-state index contributed by atoms with van der Waals surface area (Å²) in [7, 11) is 0. The summed E-state index contributed by atoms with van der Waals surface area (Å²) in [5.74, 6) is -0.670. The zero-order valence-electron chi connectivity index (χ0n) is 14.5. The Morgan fingerprint density at radius 1 is 1.11 bits per heavy atom. The second-order valence-electron chi connectivity index (χ2n) is 6.18. The summed E-state index contributed by atoms with van der Waals surface area (Å²) in [6, 6.07) is 11.9. The molecule has 3 rings (SSSR count). The van der Waals surface area contributed by atoms with Crippen molar-refractivity contribution in [1.29, 1.82) is 0 Å². The lowest BCUT2D eigenvalue weighted by atomic mass is 10.1. The number of carbonyl (C=O) groups is 2. The Hall–Kier alpha value is -3.26. The van der Waals surface area contributed by atoms with Gasteiger partial charge in [0.25, 0.3) is 17.5 Å². The van der Waals surface area contributed by atoms with Crippen molar-refractivity contribution in [1.82, 2.24) is 5.32 Å². The molecule has 0 aliphatic carbocycles. The zero-order chi connectivity index (χ0) is 19.2. The van der Waals surface area contributed by atoms with E-state index in [1.165, 1.54) is 24.3 Å². The fourth-order valence-corrected chi connectivity index (χ4v) is 2.78. The molecule has 1 saturated heterocycles. The lowest BCUT2D eigenvalue weighted by Gasteiger charge is -2.11. The maximum atomic E-state index is 12.2. The Morgan fingerprint density at radius 2 is 1.89 bits per heavy atom. The van der Waals surface area contributed by atoms with Crippen molar-refractivity contribution in [2.24, 2.45) is 0 Å². The second kappa shape index (κ2) is 8.41. The van der Waals surface area contributed by atoms with Gasteiger partial charge < -0.3 is 15.4 Å². The van der Waals surface area contributed by atoms with Crippen LogP contribution in [0.2, 0.25) is 0 Å². The molecule has 1 aliphatic rings. The Labute approximate surface area is 155 Å². The molecule has 140 valence electrons. The van der Waals surface area contributed by atoms with Gasteiger partial charge in [-0.25, -0.2) is 0 Å². The fraction of sp³-hybridized carbons (Fsp3) is 0.263. The first-order chi connectivity index (χ1) is 13.0. The van der Waals surface area contributed by atoms with Gasteiger partial charge in [-0.2, -0.15) is 0 Å². The number of hydrogen-bond donors (Lipinski definition) is 2. The monoisotopic (exact) mass is 369 g/mol. The molecule has 8 nitrogen and oxygen atoms in total. The Balaban J connectivity index is 1.58. The van der Waals surface area contributed by atoms with E-state index < -0.39 is 10.8 Å². The minimum atomic E-state index is -0.555. The summed E-state index contributed by atoms with van der Waals surface area (Å²) in [5, 5.41) is 16.3. The van der Waals surface area contributed by atoms with Crippen LogP contribution in [-0.4, -0.2) is 36.0 Å². The molecule has 27 heavy (non-hydrogen) atoms. The standard InChI is InChI=1S/C19H19N3O5/c23-18(20-12-17-5-2-10-27-17)13-6-8-15(9-7-13)21-19(24)14-3-1-4-16(11-14)22(25)26/h1,3-4,6-9,11,17H,2,5,10,12H2,(H,20,23)(H,21,24)/t17-/m1/s1. The van der Waals surface area contributed by atoms with E-state index in [1.807, 2.05) is 0 Å². The fourth-order valence-electron chi connectivity index (χ4n) is 2.78. The number of rotatable bonds is 6. The number of carbonyl (C=O) groups excluding carboxylic acids is 2. The maximum Gasteiger partial charge on any atom is 0.270 e. The third kappa shape index (κ3) is 4.89. The molecule has 1 aliphatic heterocycles. The molecule has 0 aromatic heterocycles. The molecule has 8 heteroatoms. The van der Waals surface area contributed by atoms with Crippen LogP contribution in [0.5, 0.6) is 0 Å². The summed E-state index contributed by atoms with van der Waals surface area (Å²) < 4.78 is 5.46. The topological polar surface area (TPSA) is 111 Å². The summed E-state index contributed by atoms with van der Waals surface area (Å²) >= 11 is 0. The molecular weight excluding hydrogens is 350 g/mol. The van der Waals surface area contributed by atoms with E-state index in [0.717, 1.165) is 19.4 Å². The van der Waals surface area contributed by atoms with Crippen LogP contribution in [0.25, 0.3) is 0 Å². The van der Waals surface area contributed by atoms with Gasteiger partial charge >= 0.3 is 0 Å². The van der Waals surface area contributed by atoms with E-state index in [4.69, 9.17) is 4.74 Å². The first-order valence-corrected chi connectivity index (χ1v) is 8.58. The van der Waals surface area contributed by atoms with Gasteiger partial charge in [0.15, 0.2) is 0 Å². The van der Waals surface area contributed by atoms with Gasteiger partial charge in [-0.3, -0.25) is 19.7 Å². The van der Waals surface area contributed by atoms with Gasteiger partial charge in [-0.15, -0.1) is 0 Å². The second-order valence-corrected chi connectivity index (χ2v) is 6.18. The lowest BCUT2D eigenvalue weighted by Crippen LogP contribution is -2.31. The van der Waals surface area contributed by atoms with E-state index in [0.29, 0.717) is 17.8 Å². The van der Waals surface area contributed by atoms with Crippen LogP contribution in [0.4, 0.5) is 11.4 Å². The van der Waals surface area contributed by atoms with Gasteiger partial charge in [0.2, 0.25) is 0 Å². The molecule has 1 heterocycles. The number of non-ortho nitro benzene ring substituents is 1. The summed E-state index contributed by atoms with van der Waals surface area (Å²) in [4.78, 5) is 34.6. The van der Waals surface area contributed by atoms with Crippen LogP contribution < -0.4 is 10.6 Å². The SMILES string of the molecule is O=C(NC[C@H]1CCCO1)c1ccc(NC(=O)c2cccc([N+](=O)[O-])c2)cc1. The number of anilines is 1. The van der Waals surface area contributed by atoms with Crippen LogP contribution in [0.15, 0.2) is 48.5 Å². The number of amides is 2. The van der Waals surface area contributed by atoms with Crippen molar-refractivity contribution in [2.45, 2.75) is 18.9 Å². The molecule has 2 amide bonds. The van der Waals surface area contributed by atoms with Gasteiger partial charge in [0, 0.05) is 42.1 Å². The molecule has 0 unspecified atom stereocenters. The highest BCUT2D eigenvalue weighted by atomic mass is 16.6. The average molecular weight is 369 g/mol. The average Bonchev–Trinajstić information content (AvgIpc) is 3.20. The summed E-state index contributed by atoms with van der Waals surface area (Å²) in [5.41, 5.74) is 0.993. The van der Waals surface area contributed by atoms with Crippen molar-refractivity contribution in [3.05, 3.63) is 69.8 Å². The zero-order valence-corrected chi connectivity index (χ0v) is 14.5. The van der Waals surface area contributed by atoms with Gasteiger partial charge in [-0.1, -0.05) is 6.07 Å². The smallest absolute Gasteiger partial charge is 0.270 e. The normalized spacial score (nSPS) is 15.9. The highest BCUT2D eigenvalue weighted by molar-refractivity contribution is 6.05. The van der Waals surface area contributed by atoms with E-state index in [-0.39, 0.29) is 23.3 Å². The number of hydrogen-bond acceptors (Lipinski definition) is 5. The van der Waals surface area contributed by atoms with Crippen LogP contribution in [0, 0.1) is 10.1 Å². The molecule has 1 fully saturated rings. The largest absolute Gasteiger partial charge is 0.376 e. The number of nitrogens with one attached hydrogen (secondary N) is 2. The van der Waals surface area contributed by atoms with Crippen LogP contribution in [0.3, 0.4) is 0 Å². The van der Waals surface area contributed by atoms with E-state index in [9.17, 15) is 19.7 Å². The minimum absolute atomic E-state index is 0.0717. The quantitative estimate of drug-likeness (QED) is 0.601. The number of nitro groups is 1. The molecule has 0 spiro atoms. The van der Waals surface area contributed by atoms with E-state index in [1.54, 1.807) is 24.3 Å². The summed E-state index contributed by atoms with van der Waals surface area (Å²) in [6.07, 6.45) is 2.03. The highest BCUT2D eigenvalue weighted by Crippen LogP contribution is 2.16. The molecule has 0 radical (unpaired) electrons. The maximum absolute atomic E-state index is 12.2. The molecule has 2 aromatic carbocycles. The van der Waals surface area contributed by atoms with E-state index >= 15 is 0 Å². The first kappa shape index (κ1) is 18.5. The van der Waals surface area contributed by atoms with Crippen molar-refractivity contribution in [3.8, 4) is 0 Å². The molecule has 0 saturated carbocycles. The minimum Gasteiger partial charge on any atom is -0.376 e. The van der Waals surface area contributed by atoms with Crippen molar-refractivity contribution >= 4 is 23.2 Å². The number of nitrogens with zero attached hydrogens (tertiary/aromatic N) is 1. The third-order valence-electron chi connectivity index (χ3n) is 4.24. The van der Waals surface area contributed by atoms with Crippen LogP contribution in [-0.2, 0) is 4.74 Å². The predicted octanol–water partition coefficient (Wildman–Crippen LogP) is 2.76. The van der Waals surface area contributed by atoms with E-state index in [2.05, 4.69) is 10.6 Å². The lowest BCUT2D eigenvalue weighted by molar-refractivity contribution is -0.384. The number of ether oxygens (including phenoxy) is 1. The van der Waals surface area contributed by atoms with Crippen LogP contribution >= 0.6 is 0 Å². The Morgan fingerprint density at radius 3 is 2.56 bits per heavy atom. The van der Waals surface area contributed by atoms with Crippen molar-refractivity contribution in [2.75, 3.05) is 18.5 Å². The predicted molar refractivity (Wildman–Crippen MR) is 98.8 cm³/mol.